The standard InChI is InChI=1S/C12H21NO3/c1-2-8(5-6-14)13-12(15)10-7-9-3-4-11(10)16-9/h8-11,14H,2-7H2,1H3,(H,13,15). The molecule has 4 atom stereocenters. The second-order valence-corrected chi connectivity index (χ2v) is 4.84. The van der Waals surface area contributed by atoms with Crippen LogP contribution in [0.4, 0.5) is 0 Å². The third-order valence-electron chi connectivity index (χ3n) is 3.76. The molecule has 4 unspecified atom stereocenters. The number of amides is 1. The molecule has 2 saturated heterocycles. The van der Waals surface area contributed by atoms with Gasteiger partial charge in [0.1, 0.15) is 0 Å². The van der Waals surface area contributed by atoms with E-state index in [0.717, 1.165) is 25.7 Å². The Morgan fingerprint density at radius 1 is 1.56 bits per heavy atom. The van der Waals surface area contributed by atoms with Gasteiger partial charge < -0.3 is 15.2 Å². The Hall–Kier alpha value is -0.610. The first-order valence-electron chi connectivity index (χ1n) is 6.31. The molecule has 2 bridgehead atoms. The molecule has 0 spiro atoms. The average Bonchev–Trinajstić information content (AvgIpc) is 2.89. The number of ether oxygens (including phenoxy) is 1. The van der Waals surface area contributed by atoms with Gasteiger partial charge in [0.2, 0.25) is 5.91 Å². The van der Waals surface area contributed by atoms with Gasteiger partial charge in [-0.15, -0.1) is 0 Å². The second-order valence-electron chi connectivity index (χ2n) is 4.84. The van der Waals surface area contributed by atoms with Crippen LogP contribution in [0, 0.1) is 5.92 Å². The fourth-order valence-electron chi connectivity index (χ4n) is 2.76. The summed E-state index contributed by atoms with van der Waals surface area (Å²) in [6.45, 7) is 2.16. The first-order chi connectivity index (χ1) is 7.74. The molecule has 2 heterocycles. The third kappa shape index (κ3) is 2.38. The van der Waals surface area contributed by atoms with Crippen LogP contribution in [-0.2, 0) is 9.53 Å². The molecule has 4 heteroatoms. The number of aliphatic hydroxyl groups is 1. The number of rotatable bonds is 5. The van der Waals surface area contributed by atoms with Crippen molar-refractivity contribution in [2.24, 2.45) is 5.92 Å². The molecule has 2 aliphatic heterocycles. The second kappa shape index (κ2) is 5.15. The number of hydrogen-bond acceptors (Lipinski definition) is 3. The molecular weight excluding hydrogens is 206 g/mol. The zero-order valence-electron chi connectivity index (χ0n) is 9.82. The SMILES string of the molecule is CCC(CCO)NC(=O)C1CC2CCC1O2. The molecule has 0 aromatic rings. The molecule has 0 aromatic carbocycles. The first kappa shape index (κ1) is 11.9. The van der Waals surface area contributed by atoms with E-state index >= 15 is 0 Å². The molecule has 1 amide bonds. The van der Waals surface area contributed by atoms with E-state index in [1.165, 1.54) is 0 Å². The Kier molecular flexibility index (Phi) is 3.82. The van der Waals surface area contributed by atoms with Crippen molar-refractivity contribution in [2.45, 2.75) is 57.3 Å². The summed E-state index contributed by atoms with van der Waals surface area (Å²) in [6.07, 6.45) is 5.00. The van der Waals surface area contributed by atoms with Gasteiger partial charge in [-0.25, -0.2) is 0 Å². The maximum Gasteiger partial charge on any atom is 0.226 e. The van der Waals surface area contributed by atoms with Crippen LogP contribution in [0.1, 0.15) is 39.0 Å². The van der Waals surface area contributed by atoms with Crippen molar-refractivity contribution < 1.29 is 14.6 Å². The minimum absolute atomic E-state index is 0.0477. The summed E-state index contributed by atoms with van der Waals surface area (Å²) in [5.74, 6) is 0.166. The van der Waals surface area contributed by atoms with Crippen molar-refractivity contribution >= 4 is 5.91 Å². The minimum atomic E-state index is 0.0477. The first-order valence-corrected chi connectivity index (χ1v) is 6.31. The molecule has 2 rings (SSSR count). The molecule has 0 aromatic heterocycles. The van der Waals surface area contributed by atoms with E-state index in [1.807, 2.05) is 6.92 Å². The lowest BCUT2D eigenvalue weighted by Gasteiger charge is -2.22. The quantitative estimate of drug-likeness (QED) is 0.731. The van der Waals surface area contributed by atoms with E-state index in [4.69, 9.17) is 9.84 Å². The van der Waals surface area contributed by atoms with Gasteiger partial charge in [-0.3, -0.25) is 4.79 Å². The number of carbonyl (C=O) groups is 1. The predicted octanol–water partition coefficient (Wildman–Crippen LogP) is 0.831. The van der Waals surface area contributed by atoms with Crippen LogP contribution in [0.5, 0.6) is 0 Å². The summed E-state index contributed by atoms with van der Waals surface area (Å²) in [5.41, 5.74) is 0. The highest BCUT2D eigenvalue weighted by Crippen LogP contribution is 2.38. The molecule has 2 N–H and O–H groups in total. The topological polar surface area (TPSA) is 58.6 Å². The zero-order valence-corrected chi connectivity index (χ0v) is 9.82. The number of nitrogens with one attached hydrogen (secondary N) is 1. The van der Waals surface area contributed by atoms with Crippen molar-refractivity contribution in [1.29, 1.82) is 0 Å². The Bertz CT molecular complexity index is 257. The van der Waals surface area contributed by atoms with Crippen molar-refractivity contribution in [3.05, 3.63) is 0 Å². The maximum absolute atomic E-state index is 12.0. The predicted molar refractivity (Wildman–Crippen MR) is 59.9 cm³/mol. The van der Waals surface area contributed by atoms with Gasteiger partial charge >= 0.3 is 0 Å². The molecule has 0 aliphatic carbocycles. The average molecular weight is 227 g/mol. The van der Waals surface area contributed by atoms with Crippen LogP contribution >= 0.6 is 0 Å². The van der Waals surface area contributed by atoms with Gasteiger partial charge in [0.15, 0.2) is 0 Å². The van der Waals surface area contributed by atoms with Gasteiger partial charge in [-0.1, -0.05) is 6.92 Å². The number of hydrogen-bond donors (Lipinski definition) is 2. The van der Waals surface area contributed by atoms with Crippen LogP contribution in [0.25, 0.3) is 0 Å². The lowest BCUT2D eigenvalue weighted by molar-refractivity contribution is -0.127. The summed E-state index contributed by atoms with van der Waals surface area (Å²) in [5, 5.41) is 11.9. The van der Waals surface area contributed by atoms with E-state index < -0.39 is 0 Å². The van der Waals surface area contributed by atoms with Crippen molar-refractivity contribution in [3.63, 3.8) is 0 Å². The Balaban J connectivity index is 1.83. The van der Waals surface area contributed by atoms with Gasteiger partial charge in [0.05, 0.1) is 18.1 Å². The number of fused-ring (bicyclic) bond motifs is 2. The summed E-state index contributed by atoms with van der Waals surface area (Å²) in [4.78, 5) is 12.0. The monoisotopic (exact) mass is 227 g/mol. The lowest BCUT2D eigenvalue weighted by Crippen LogP contribution is -2.42. The smallest absolute Gasteiger partial charge is 0.226 e. The molecule has 2 fully saturated rings. The summed E-state index contributed by atoms with van der Waals surface area (Å²) >= 11 is 0. The maximum atomic E-state index is 12.0. The van der Waals surface area contributed by atoms with Crippen LogP contribution in [0.15, 0.2) is 0 Å². The van der Waals surface area contributed by atoms with E-state index in [-0.39, 0.29) is 30.6 Å². The molecule has 4 nitrogen and oxygen atoms in total. The number of aliphatic hydroxyl groups excluding tert-OH is 1. The van der Waals surface area contributed by atoms with Gasteiger partial charge in [-0.05, 0) is 32.1 Å². The lowest BCUT2D eigenvalue weighted by atomic mass is 9.88. The minimum Gasteiger partial charge on any atom is -0.396 e. The Labute approximate surface area is 96.4 Å². The van der Waals surface area contributed by atoms with E-state index in [1.54, 1.807) is 0 Å². The fraction of sp³-hybridized carbons (Fsp3) is 0.917. The highest BCUT2D eigenvalue weighted by Gasteiger charge is 2.44. The van der Waals surface area contributed by atoms with Crippen LogP contribution in [0.2, 0.25) is 0 Å². The Morgan fingerprint density at radius 3 is 2.88 bits per heavy atom. The highest BCUT2D eigenvalue weighted by molar-refractivity contribution is 5.80. The molecule has 92 valence electrons. The van der Waals surface area contributed by atoms with Crippen LogP contribution in [-0.4, -0.2) is 35.9 Å². The molecule has 0 saturated carbocycles. The highest BCUT2D eigenvalue weighted by atomic mass is 16.5. The third-order valence-corrected chi connectivity index (χ3v) is 3.76. The van der Waals surface area contributed by atoms with E-state index in [9.17, 15) is 4.79 Å². The number of carbonyl (C=O) groups excluding carboxylic acids is 1. The van der Waals surface area contributed by atoms with Gasteiger partial charge in [-0.2, -0.15) is 0 Å². The molecule has 16 heavy (non-hydrogen) atoms. The van der Waals surface area contributed by atoms with E-state index in [0.29, 0.717) is 12.5 Å². The summed E-state index contributed by atoms with van der Waals surface area (Å²) in [7, 11) is 0. The summed E-state index contributed by atoms with van der Waals surface area (Å²) < 4.78 is 5.67. The normalized spacial score (nSPS) is 34.0. The molecular formula is C12H21NO3. The largest absolute Gasteiger partial charge is 0.396 e. The van der Waals surface area contributed by atoms with Crippen molar-refractivity contribution in [1.82, 2.24) is 5.32 Å². The van der Waals surface area contributed by atoms with Gasteiger partial charge in [0.25, 0.3) is 0 Å². The summed E-state index contributed by atoms with van der Waals surface area (Å²) in [6, 6.07) is 0.108. The molecule has 2 aliphatic rings. The van der Waals surface area contributed by atoms with Gasteiger partial charge in [0, 0.05) is 12.6 Å². The van der Waals surface area contributed by atoms with Crippen molar-refractivity contribution in [2.75, 3.05) is 6.61 Å². The zero-order chi connectivity index (χ0) is 11.5. The Morgan fingerprint density at radius 2 is 2.38 bits per heavy atom. The molecule has 0 radical (unpaired) electrons. The van der Waals surface area contributed by atoms with E-state index in [2.05, 4.69) is 5.32 Å². The van der Waals surface area contributed by atoms with Crippen LogP contribution in [0.3, 0.4) is 0 Å². The van der Waals surface area contributed by atoms with Crippen LogP contribution < -0.4 is 5.32 Å². The van der Waals surface area contributed by atoms with Crippen molar-refractivity contribution in [3.8, 4) is 0 Å². The fourth-order valence-corrected chi connectivity index (χ4v) is 2.76.